The van der Waals surface area contributed by atoms with Crippen molar-refractivity contribution in [2.75, 3.05) is 0 Å². The lowest BCUT2D eigenvalue weighted by Crippen LogP contribution is -2.33. The molecule has 72 valence electrons. The van der Waals surface area contributed by atoms with Crippen LogP contribution in [0.2, 0.25) is 0 Å². The summed E-state index contributed by atoms with van der Waals surface area (Å²) in [5.74, 6) is -1.03. The van der Waals surface area contributed by atoms with Gasteiger partial charge in [-0.2, -0.15) is 0 Å². The smallest absolute Gasteiger partial charge is 0.320 e. The molecule has 0 aliphatic carbocycles. The Hall–Kier alpha value is -1.33. The Morgan fingerprint density at radius 2 is 2.31 bits per heavy atom. The summed E-state index contributed by atoms with van der Waals surface area (Å²) < 4.78 is 0. The van der Waals surface area contributed by atoms with E-state index in [-0.39, 0.29) is 12.5 Å². The van der Waals surface area contributed by atoms with E-state index in [4.69, 9.17) is 16.6 Å². The number of aromatic nitrogens is 1. The van der Waals surface area contributed by atoms with Crippen molar-refractivity contribution >= 4 is 5.97 Å². The lowest BCUT2D eigenvalue weighted by molar-refractivity contribution is -0.138. The topological polar surface area (TPSA) is 105 Å². The van der Waals surface area contributed by atoms with Gasteiger partial charge in [0.25, 0.3) is 0 Å². The van der Waals surface area contributed by atoms with Gasteiger partial charge in [0, 0.05) is 17.9 Å². The molecule has 1 heterocycles. The highest BCUT2D eigenvalue weighted by molar-refractivity contribution is 5.73. The number of nitrogens with two attached hydrogens (primary N) is 2. The second-order valence-corrected chi connectivity index (χ2v) is 2.91. The number of H-pyrrole nitrogens is 1. The Labute approximate surface area is 75.7 Å². The van der Waals surface area contributed by atoms with Gasteiger partial charge in [-0.25, -0.2) is 0 Å². The summed E-state index contributed by atoms with van der Waals surface area (Å²) in [4.78, 5) is 13.3. The molecule has 6 N–H and O–H groups in total. The zero-order valence-corrected chi connectivity index (χ0v) is 7.10. The van der Waals surface area contributed by atoms with Crippen LogP contribution in [-0.4, -0.2) is 22.1 Å². The molecule has 0 aromatic carbocycles. The van der Waals surface area contributed by atoms with Gasteiger partial charge in [-0.15, -0.1) is 0 Å². The van der Waals surface area contributed by atoms with E-state index in [0.29, 0.717) is 0 Å². The number of carboxylic acids is 1. The molecule has 1 aromatic rings. The summed E-state index contributed by atoms with van der Waals surface area (Å²) >= 11 is 0. The molecule has 0 spiro atoms. The molecule has 2 atom stereocenters. The standard InChI is InChI=1S/C8H13N3O2/c9-5(4-6(10)8(12)13)7-2-1-3-11-7/h1-3,5-6,11H,4,9-10H2,(H,12,13). The quantitative estimate of drug-likeness (QED) is 0.519. The predicted molar refractivity (Wildman–Crippen MR) is 47.9 cm³/mol. The minimum absolute atomic E-state index is 0.232. The van der Waals surface area contributed by atoms with E-state index in [1.54, 1.807) is 12.3 Å². The third-order valence-corrected chi connectivity index (χ3v) is 1.85. The highest BCUT2D eigenvalue weighted by Gasteiger charge is 2.17. The van der Waals surface area contributed by atoms with Crippen molar-refractivity contribution in [1.29, 1.82) is 0 Å². The summed E-state index contributed by atoms with van der Waals surface area (Å²) in [7, 11) is 0. The van der Waals surface area contributed by atoms with Crippen molar-refractivity contribution in [2.45, 2.75) is 18.5 Å². The van der Waals surface area contributed by atoms with Crippen molar-refractivity contribution < 1.29 is 9.90 Å². The molecule has 0 amide bonds. The van der Waals surface area contributed by atoms with Crippen LogP contribution in [0.4, 0.5) is 0 Å². The maximum absolute atomic E-state index is 10.4. The lowest BCUT2D eigenvalue weighted by Gasteiger charge is -2.12. The van der Waals surface area contributed by atoms with Crippen LogP contribution < -0.4 is 11.5 Å². The van der Waals surface area contributed by atoms with E-state index in [0.717, 1.165) is 5.69 Å². The first-order valence-electron chi connectivity index (χ1n) is 3.98. The fraction of sp³-hybridized carbons (Fsp3) is 0.375. The van der Waals surface area contributed by atoms with Crippen LogP contribution in [0.25, 0.3) is 0 Å². The van der Waals surface area contributed by atoms with Crippen LogP contribution >= 0.6 is 0 Å². The number of hydrogen-bond acceptors (Lipinski definition) is 3. The van der Waals surface area contributed by atoms with Crippen LogP contribution in [0.1, 0.15) is 18.2 Å². The van der Waals surface area contributed by atoms with E-state index >= 15 is 0 Å². The van der Waals surface area contributed by atoms with Gasteiger partial charge in [-0.05, 0) is 18.6 Å². The van der Waals surface area contributed by atoms with Crippen LogP contribution in [0.5, 0.6) is 0 Å². The van der Waals surface area contributed by atoms with Gasteiger partial charge in [-0.1, -0.05) is 0 Å². The molecule has 0 aliphatic heterocycles. The molecular formula is C8H13N3O2. The van der Waals surface area contributed by atoms with Crippen LogP contribution in [-0.2, 0) is 4.79 Å². The number of carbonyl (C=O) groups is 1. The molecule has 1 aromatic heterocycles. The maximum Gasteiger partial charge on any atom is 0.320 e. The minimum Gasteiger partial charge on any atom is -0.480 e. The summed E-state index contributed by atoms with van der Waals surface area (Å²) in [6, 6.07) is 2.36. The van der Waals surface area contributed by atoms with E-state index in [1.165, 1.54) is 0 Å². The van der Waals surface area contributed by atoms with E-state index in [2.05, 4.69) is 4.98 Å². The van der Waals surface area contributed by atoms with Crippen LogP contribution in [0, 0.1) is 0 Å². The number of aromatic amines is 1. The van der Waals surface area contributed by atoms with Gasteiger partial charge >= 0.3 is 5.97 Å². The van der Waals surface area contributed by atoms with Gasteiger partial charge in [0.05, 0.1) is 0 Å². The summed E-state index contributed by atoms with van der Waals surface area (Å²) in [6.45, 7) is 0. The normalized spacial score (nSPS) is 15.2. The highest BCUT2D eigenvalue weighted by Crippen LogP contribution is 2.12. The lowest BCUT2D eigenvalue weighted by atomic mass is 10.1. The number of carboxylic acid groups (broad SMARTS) is 1. The van der Waals surface area contributed by atoms with E-state index in [1.807, 2.05) is 6.07 Å². The van der Waals surface area contributed by atoms with Crippen molar-refractivity contribution in [3.05, 3.63) is 24.0 Å². The number of rotatable bonds is 4. The first kappa shape index (κ1) is 9.76. The summed E-state index contributed by atoms with van der Waals surface area (Å²) in [5, 5.41) is 8.54. The van der Waals surface area contributed by atoms with Gasteiger partial charge in [-0.3, -0.25) is 4.79 Å². The zero-order chi connectivity index (χ0) is 9.84. The first-order valence-corrected chi connectivity index (χ1v) is 3.98. The molecule has 0 bridgehead atoms. The van der Waals surface area contributed by atoms with Gasteiger partial charge in [0.1, 0.15) is 6.04 Å². The zero-order valence-electron chi connectivity index (χ0n) is 7.10. The molecule has 5 nitrogen and oxygen atoms in total. The Morgan fingerprint density at radius 3 is 2.77 bits per heavy atom. The largest absolute Gasteiger partial charge is 0.480 e. The van der Waals surface area contributed by atoms with Crippen molar-refractivity contribution in [3.63, 3.8) is 0 Å². The van der Waals surface area contributed by atoms with Crippen molar-refractivity contribution in [3.8, 4) is 0 Å². The molecule has 0 aliphatic rings. The van der Waals surface area contributed by atoms with Gasteiger partial charge < -0.3 is 21.6 Å². The molecule has 0 radical (unpaired) electrons. The average molecular weight is 183 g/mol. The molecule has 0 saturated carbocycles. The predicted octanol–water partition coefficient (Wildman–Crippen LogP) is -0.184. The monoisotopic (exact) mass is 183 g/mol. The molecule has 0 fully saturated rings. The molecule has 13 heavy (non-hydrogen) atoms. The Balaban J connectivity index is 2.51. The molecular weight excluding hydrogens is 170 g/mol. The second-order valence-electron chi connectivity index (χ2n) is 2.91. The highest BCUT2D eigenvalue weighted by atomic mass is 16.4. The minimum atomic E-state index is -1.03. The van der Waals surface area contributed by atoms with Crippen LogP contribution in [0.15, 0.2) is 18.3 Å². The van der Waals surface area contributed by atoms with Crippen molar-refractivity contribution in [2.24, 2.45) is 11.5 Å². The van der Waals surface area contributed by atoms with E-state index in [9.17, 15) is 4.79 Å². The molecule has 5 heteroatoms. The van der Waals surface area contributed by atoms with Gasteiger partial charge in [0.2, 0.25) is 0 Å². The number of nitrogens with one attached hydrogen (secondary N) is 1. The third kappa shape index (κ3) is 2.57. The SMILES string of the molecule is NC(CC(N)c1ccc[nH]1)C(=O)O. The summed E-state index contributed by atoms with van der Waals surface area (Å²) in [6.07, 6.45) is 1.97. The molecule has 2 unspecified atom stereocenters. The molecule has 1 rings (SSSR count). The average Bonchev–Trinajstić information content (AvgIpc) is 2.55. The van der Waals surface area contributed by atoms with Crippen LogP contribution in [0.3, 0.4) is 0 Å². The second kappa shape index (κ2) is 4.06. The Morgan fingerprint density at radius 1 is 1.62 bits per heavy atom. The number of aliphatic carboxylic acids is 1. The molecule has 0 saturated heterocycles. The third-order valence-electron chi connectivity index (χ3n) is 1.85. The fourth-order valence-electron chi connectivity index (χ4n) is 1.08. The fourth-order valence-corrected chi connectivity index (χ4v) is 1.08. The van der Waals surface area contributed by atoms with E-state index < -0.39 is 12.0 Å². The maximum atomic E-state index is 10.4. The van der Waals surface area contributed by atoms with Crippen molar-refractivity contribution in [1.82, 2.24) is 4.98 Å². The number of hydrogen-bond donors (Lipinski definition) is 4. The first-order chi connectivity index (χ1) is 6.11. The Kier molecular flexibility index (Phi) is 3.05. The van der Waals surface area contributed by atoms with Gasteiger partial charge in [0.15, 0.2) is 0 Å². The summed E-state index contributed by atoms with van der Waals surface area (Å²) in [5.41, 5.74) is 11.8. The Bertz CT molecular complexity index is 271.